The Balaban J connectivity index is 1.85. The van der Waals surface area contributed by atoms with Crippen LogP contribution in [0.3, 0.4) is 0 Å². The molecule has 134 valence electrons. The summed E-state index contributed by atoms with van der Waals surface area (Å²) in [7, 11) is 0. The summed E-state index contributed by atoms with van der Waals surface area (Å²) in [6, 6.07) is 6.53. The number of aromatic nitrogens is 3. The van der Waals surface area contributed by atoms with Gasteiger partial charge in [-0.05, 0) is 25.1 Å². The number of thioether (sulfide) groups is 1. The summed E-state index contributed by atoms with van der Waals surface area (Å²) in [5.74, 6) is 0.714. The number of hydrogen-bond donors (Lipinski definition) is 1. The van der Waals surface area contributed by atoms with Crippen LogP contribution in [0, 0.1) is 6.92 Å². The molecule has 0 saturated heterocycles. The maximum absolute atomic E-state index is 12.7. The highest BCUT2D eigenvalue weighted by atomic mass is 35.5. The first-order chi connectivity index (χ1) is 12.5. The molecule has 0 radical (unpaired) electrons. The molecule has 0 saturated carbocycles. The van der Waals surface area contributed by atoms with Crippen LogP contribution in [0.2, 0.25) is 5.02 Å². The molecule has 0 spiro atoms. The van der Waals surface area contributed by atoms with E-state index in [1.165, 1.54) is 4.57 Å². The lowest BCUT2D eigenvalue weighted by molar-refractivity contribution is -0.113. The lowest BCUT2D eigenvalue weighted by atomic mass is 10.2. The zero-order valence-corrected chi connectivity index (χ0v) is 15.4. The zero-order chi connectivity index (χ0) is 18.7. The SMILES string of the molecule is C=CCn1c(SCC(=O)Nc2cc(C)on2)nc2cc(Cl)ccc2c1=O. The van der Waals surface area contributed by atoms with Crippen LogP contribution >= 0.6 is 23.4 Å². The van der Waals surface area contributed by atoms with Crippen molar-refractivity contribution in [3.05, 3.63) is 58.1 Å². The summed E-state index contributed by atoms with van der Waals surface area (Å²) in [6.07, 6.45) is 1.60. The smallest absolute Gasteiger partial charge is 0.262 e. The average molecular weight is 391 g/mol. The molecule has 3 rings (SSSR count). The molecular formula is C17H15ClN4O3S. The Labute approximate surface area is 158 Å². The van der Waals surface area contributed by atoms with E-state index >= 15 is 0 Å². The fourth-order valence-electron chi connectivity index (χ4n) is 2.31. The van der Waals surface area contributed by atoms with E-state index in [9.17, 15) is 9.59 Å². The molecule has 2 heterocycles. The van der Waals surface area contributed by atoms with Gasteiger partial charge in [0.15, 0.2) is 11.0 Å². The molecule has 1 amide bonds. The first kappa shape index (κ1) is 18.2. The van der Waals surface area contributed by atoms with Gasteiger partial charge in [0.1, 0.15) is 5.76 Å². The Hall–Kier alpha value is -2.58. The third kappa shape index (κ3) is 3.97. The highest BCUT2D eigenvalue weighted by Crippen LogP contribution is 2.21. The van der Waals surface area contributed by atoms with Gasteiger partial charge in [-0.1, -0.05) is 34.6 Å². The quantitative estimate of drug-likeness (QED) is 0.394. The third-order valence-electron chi connectivity index (χ3n) is 3.42. The van der Waals surface area contributed by atoms with Gasteiger partial charge in [-0.3, -0.25) is 14.2 Å². The maximum atomic E-state index is 12.7. The summed E-state index contributed by atoms with van der Waals surface area (Å²) < 4.78 is 6.38. The number of carbonyl (C=O) groups excluding carboxylic acids is 1. The molecule has 2 aromatic heterocycles. The zero-order valence-electron chi connectivity index (χ0n) is 13.9. The number of hydrogen-bond acceptors (Lipinski definition) is 6. The second-order valence-corrected chi connectivity index (χ2v) is 6.80. The molecule has 1 N–H and O–H groups in total. The van der Waals surface area contributed by atoms with E-state index in [2.05, 4.69) is 22.0 Å². The highest BCUT2D eigenvalue weighted by molar-refractivity contribution is 7.99. The number of aryl methyl sites for hydroxylation is 1. The van der Waals surface area contributed by atoms with Crippen molar-refractivity contribution >= 4 is 46.0 Å². The van der Waals surface area contributed by atoms with Gasteiger partial charge < -0.3 is 9.84 Å². The van der Waals surface area contributed by atoms with E-state index in [4.69, 9.17) is 16.1 Å². The molecule has 7 nitrogen and oxygen atoms in total. The summed E-state index contributed by atoms with van der Waals surface area (Å²) in [4.78, 5) is 29.3. The van der Waals surface area contributed by atoms with Gasteiger partial charge >= 0.3 is 0 Å². The first-order valence-electron chi connectivity index (χ1n) is 7.65. The monoisotopic (exact) mass is 390 g/mol. The van der Waals surface area contributed by atoms with Gasteiger partial charge in [-0.2, -0.15) is 0 Å². The van der Waals surface area contributed by atoms with E-state index < -0.39 is 0 Å². The van der Waals surface area contributed by atoms with Crippen molar-refractivity contribution < 1.29 is 9.32 Å². The van der Waals surface area contributed by atoms with E-state index in [0.717, 1.165) is 11.8 Å². The van der Waals surface area contributed by atoms with Gasteiger partial charge in [0.2, 0.25) is 5.91 Å². The Morgan fingerprint density at radius 3 is 2.96 bits per heavy atom. The molecule has 3 aromatic rings. The highest BCUT2D eigenvalue weighted by Gasteiger charge is 2.14. The molecule has 0 aliphatic carbocycles. The predicted octanol–water partition coefficient (Wildman–Crippen LogP) is 3.26. The summed E-state index contributed by atoms with van der Waals surface area (Å²) >= 11 is 7.14. The van der Waals surface area contributed by atoms with Gasteiger partial charge in [0, 0.05) is 17.6 Å². The van der Waals surface area contributed by atoms with Crippen LogP contribution in [-0.2, 0) is 11.3 Å². The molecule has 26 heavy (non-hydrogen) atoms. The van der Waals surface area contributed by atoms with Crippen LogP contribution in [0.15, 0.2) is 51.4 Å². The molecule has 0 unspecified atom stereocenters. The topological polar surface area (TPSA) is 90.0 Å². The van der Waals surface area contributed by atoms with Gasteiger partial charge in [-0.15, -0.1) is 6.58 Å². The lowest BCUT2D eigenvalue weighted by Crippen LogP contribution is -2.23. The maximum Gasteiger partial charge on any atom is 0.262 e. The minimum Gasteiger partial charge on any atom is -0.360 e. The van der Waals surface area contributed by atoms with Crippen LogP contribution < -0.4 is 10.9 Å². The number of carbonyl (C=O) groups is 1. The molecule has 1 aromatic carbocycles. The van der Waals surface area contributed by atoms with Crippen LogP contribution in [0.5, 0.6) is 0 Å². The second-order valence-electron chi connectivity index (χ2n) is 5.42. The van der Waals surface area contributed by atoms with E-state index in [1.54, 1.807) is 37.3 Å². The van der Waals surface area contributed by atoms with E-state index in [-0.39, 0.29) is 23.8 Å². The summed E-state index contributed by atoms with van der Waals surface area (Å²) in [6.45, 7) is 5.69. The van der Waals surface area contributed by atoms with Crippen molar-refractivity contribution in [3.63, 3.8) is 0 Å². The first-order valence-corrected chi connectivity index (χ1v) is 9.01. The standard InChI is InChI=1S/C17H15ClN4O3S/c1-3-6-22-16(24)12-5-4-11(18)8-13(12)19-17(22)26-9-15(23)20-14-7-10(2)25-21-14/h3-5,7-8H,1,6,9H2,2H3,(H,20,21,23). The van der Waals surface area contributed by atoms with Crippen molar-refractivity contribution in [2.24, 2.45) is 0 Å². The number of halogens is 1. The predicted molar refractivity (Wildman–Crippen MR) is 102 cm³/mol. The average Bonchev–Trinajstić information content (AvgIpc) is 3.00. The van der Waals surface area contributed by atoms with Crippen molar-refractivity contribution in [2.45, 2.75) is 18.6 Å². The van der Waals surface area contributed by atoms with Crippen LogP contribution in [-0.4, -0.2) is 26.4 Å². The minimum atomic E-state index is -0.283. The third-order valence-corrected chi connectivity index (χ3v) is 4.63. The van der Waals surface area contributed by atoms with Gasteiger partial charge in [0.05, 0.1) is 16.7 Å². The van der Waals surface area contributed by atoms with Crippen LogP contribution in [0.25, 0.3) is 10.9 Å². The number of anilines is 1. The number of rotatable bonds is 6. The molecule has 0 fully saturated rings. The molecule has 0 aliphatic rings. The Kier molecular flexibility index (Phi) is 5.43. The number of benzene rings is 1. The molecule has 0 atom stereocenters. The Bertz CT molecular complexity index is 1040. The van der Waals surface area contributed by atoms with Crippen molar-refractivity contribution in [3.8, 4) is 0 Å². The van der Waals surface area contributed by atoms with E-state index in [0.29, 0.717) is 32.7 Å². The summed E-state index contributed by atoms with van der Waals surface area (Å²) in [5.41, 5.74) is 0.277. The number of nitrogens with one attached hydrogen (secondary N) is 1. The number of allylic oxidation sites excluding steroid dienone is 1. The summed E-state index contributed by atoms with van der Waals surface area (Å²) in [5, 5.41) is 7.69. The minimum absolute atomic E-state index is 0.0571. The lowest BCUT2D eigenvalue weighted by Gasteiger charge is -2.11. The fraction of sp³-hybridized carbons (Fsp3) is 0.176. The molecule has 9 heteroatoms. The number of fused-ring (bicyclic) bond motifs is 1. The molecule has 0 aliphatic heterocycles. The van der Waals surface area contributed by atoms with Crippen LogP contribution in [0.4, 0.5) is 5.82 Å². The largest absolute Gasteiger partial charge is 0.360 e. The Morgan fingerprint density at radius 1 is 1.46 bits per heavy atom. The van der Waals surface area contributed by atoms with Crippen molar-refractivity contribution in [1.29, 1.82) is 0 Å². The number of amides is 1. The normalized spacial score (nSPS) is 10.8. The fourth-order valence-corrected chi connectivity index (χ4v) is 3.28. The van der Waals surface area contributed by atoms with Gasteiger partial charge in [-0.25, -0.2) is 4.98 Å². The van der Waals surface area contributed by atoms with Crippen molar-refractivity contribution in [2.75, 3.05) is 11.1 Å². The molecular weight excluding hydrogens is 376 g/mol. The molecule has 0 bridgehead atoms. The van der Waals surface area contributed by atoms with Gasteiger partial charge in [0.25, 0.3) is 5.56 Å². The van der Waals surface area contributed by atoms with Crippen molar-refractivity contribution in [1.82, 2.24) is 14.7 Å². The van der Waals surface area contributed by atoms with Crippen LogP contribution in [0.1, 0.15) is 5.76 Å². The Morgan fingerprint density at radius 2 is 2.27 bits per heavy atom. The second kappa shape index (κ2) is 7.76. The van der Waals surface area contributed by atoms with E-state index in [1.807, 2.05) is 0 Å². The number of nitrogens with zero attached hydrogens (tertiary/aromatic N) is 3.